The molecule has 144 valence electrons. The summed E-state index contributed by atoms with van der Waals surface area (Å²) in [5.41, 5.74) is 3.05. The molecule has 27 heavy (non-hydrogen) atoms. The van der Waals surface area contributed by atoms with Crippen molar-refractivity contribution in [2.75, 3.05) is 18.5 Å². The lowest BCUT2D eigenvalue weighted by Crippen LogP contribution is -2.20. The van der Waals surface area contributed by atoms with Crippen LogP contribution >= 0.6 is 0 Å². The first-order valence-corrected chi connectivity index (χ1v) is 9.27. The minimum Gasteiger partial charge on any atom is -0.483 e. The highest BCUT2D eigenvalue weighted by atomic mass is 16.5. The largest absolute Gasteiger partial charge is 0.483 e. The molecule has 0 heterocycles. The van der Waals surface area contributed by atoms with Crippen LogP contribution in [0.4, 0.5) is 5.69 Å². The fourth-order valence-electron chi connectivity index (χ4n) is 2.65. The number of amides is 1. The van der Waals surface area contributed by atoms with E-state index in [4.69, 9.17) is 9.47 Å². The first-order valence-electron chi connectivity index (χ1n) is 9.27. The monoisotopic (exact) mass is 369 g/mol. The summed E-state index contributed by atoms with van der Waals surface area (Å²) >= 11 is 0. The summed E-state index contributed by atoms with van der Waals surface area (Å²) < 4.78 is 10.9. The molecule has 1 amide bonds. The van der Waals surface area contributed by atoms with Crippen LogP contribution in [0.3, 0.4) is 0 Å². The lowest BCUT2D eigenvalue weighted by molar-refractivity contribution is -0.118. The predicted molar refractivity (Wildman–Crippen MR) is 106 cm³/mol. The fraction of sp³-hybridized carbons (Fsp3) is 0.364. The first kappa shape index (κ1) is 20.5. The van der Waals surface area contributed by atoms with Gasteiger partial charge in [0.1, 0.15) is 5.75 Å². The Balaban J connectivity index is 1.83. The summed E-state index contributed by atoms with van der Waals surface area (Å²) in [6.07, 6.45) is 3.00. The highest BCUT2D eigenvalue weighted by Gasteiger charge is 2.10. The van der Waals surface area contributed by atoms with Crippen LogP contribution in [0.5, 0.6) is 5.75 Å². The number of hydrogen-bond acceptors (Lipinski definition) is 4. The van der Waals surface area contributed by atoms with Gasteiger partial charge in [-0.15, -0.1) is 0 Å². The standard InChI is InChI=1S/C22H27NO4/c1-4-5-6-14-26-22(25)18-10-12-19(13-11-18)23-20(24)15-27-21-16(2)8-7-9-17(21)3/h7-13H,4-6,14-15H2,1-3H3,(H,23,24). The Morgan fingerprint density at radius 3 is 2.26 bits per heavy atom. The van der Waals surface area contributed by atoms with E-state index in [0.29, 0.717) is 17.9 Å². The smallest absolute Gasteiger partial charge is 0.338 e. The van der Waals surface area contributed by atoms with E-state index in [-0.39, 0.29) is 18.5 Å². The van der Waals surface area contributed by atoms with Gasteiger partial charge >= 0.3 is 5.97 Å². The lowest BCUT2D eigenvalue weighted by atomic mass is 10.1. The van der Waals surface area contributed by atoms with Gasteiger partial charge in [0.15, 0.2) is 6.61 Å². The summed E-state index contributed by atoms with van der Waals surface area (Å²) in [7, 11) is 0. The number of carbonyl (C=O) groups excluding carboxylic acids is 2. The molecule has 2 rings (SSSR count). The van der Waals surface area contributed by atoms with Crippen molar-refractivity contribution in [1.29, 1.82) is 0 Å². The van der Waals surface area contributed by atoms with Gasteiger partial charge in [-0.3, -0.25) is 4.79 Å². The second-order valence-corrected chi connectivity index (χ2v) is 6.48. The number of unbranched alkanes of at least 4 members (excludes halogenated alkanes) is 2. The number of para-hydroxylation sites is 1. The molecule has 0 saturated heterocycles. The minimum absolute atomic E-state index is 0.0765. The normalized spacial score (nSPS) is 10.3. The number of rotatable bonds is 9. The van der Waals surface area contributed by atoms with Gasteiger partial charge in [0.2, 0.25) is 0 Å². The SMILES string of the molecule is CCCCCOC(=O)c1ccc(NC(=O)COc2c(C)cccc2C)cc1. The number of esters is 1. The van der Waals surface area contributed by atoms with E-state index in [9.17, 15) is 9.59 Å². The van der Waals surface area contributed by atoms with Gasteiger partial charge in [0, 0.05) is 5.69 Å². The molecule has 0 aliphatic rings. The van der Waals surface area contributed by atoms with Crippen molar-refractivity contribution in [1.82, 2.24) is 0 Å². The Labute approximate surface area is 160 Å². The van der Waals surface area contributed by atoms with Gasteiger partial charge in [-0.25, -0.2) is 4.79 Å². The van der Waals surface area contributed by atoms with Crippen LogP contribution in [0.1, 0.15) is 47.7 Å². The summed E-state index contributed by atoms with van der Waals surface area (Å²) in [4.78, 5) is 24.0. The van der Waals surface area contributed by atoms with Crippen molar-refractivity contribution in [3.05, 3.63) is 59.2 Å². The second kappa shape index (κ2) is 10.4. The highest BCUT2D eigenvalue weighted by molar-refractivity contribution is 5.93. The molecule has 0 aliphatic carbocycles. The third kappa shape index (κ3) is 6.44. The van der Waals surface area contributed by atoms with Gasteiger partial charge in [-0.1, -0.05) is 38.0 Å². The molecule has 0 bridgehead atoms. The predicted octanol–water partition coefficient (Wildman–Crippen LogP) is 4.67. The summed E-state index contributed by atoms with van der Waals surface area (Å²) in [5.74, 6) is 0.128. The van der Waals surface area contributed by atoms with Crippen molar-refractivity contribution in [3.63, 3.8) is 0 Å². The van der Waals surface area contributed by atoms with Gasteiger partial charge < -0.3 is 14.8 Å². The van der Waals surface area contributed by atoms with Gasteiger partial charge in [0.25, 0.3) is 5.91 Å². The van der Waals surface area contributed by atoms with Crippen molar-refractivity contribution < 1.29 is 19.1 Å². The number of ether oxygens (including phenoxy) is 2. The highest BCUT2D eigenvalue weighted by Crippen LogP contribution is 2.22. The molecular formula is C22H27NO4. The summed E-state index contributed by atoms with van der Waals surface area (Å²) in [6, 6.07) is 12.5. The van der Waals surface area contributed by atoms with E-state index in [1.54, 1.807) is 24.3 Å². The Morgan fingerprint density at radius 2 is 1.63 bits per heavy atom. The molecular weight excluding hydrogens is 342 g/mol. The van der Waals surface area contributed by atoms with Crippen molar-refractivity contribution in [2.45, 2.75) is 40.0 Å². The summed E-state index contributed by atoms with van der Waals surface area (Å²) in [6.45, 7) is 6.34. The zero-order valence-corrected chi connectivity index (χ0v) is 16.2. The number of hydrogen-bond donors (Lipinski definition) is 1. The topological polar surface area (TPSA) is 64.6 Å². The van der Waals surface area contributed by atoms with Crippen LogP contribution in [0.2, 0.25) is 0 Å². The van der Waals surface area contributed by atoms with E-state index in [0.717, 1.165) is 36.1 Å². The van der Waals surface area contributed by atoms with Crippen LogP contribution in [0, 0.1) is 13.8 Å². The average molecular weight is 369 g/mol. The maximum absolute atomic E-state index is 12.1. The molecule has 1 N–H and O–H groups in total. The second-order valence-electron chi connectivity index (χ2n) is 6.48. The maximum atomic E-state index is 12.1. The average Bonchev–Trinajstić information content (AvgIpc) is 2.65. The third-order valence-corrected chi connectivity index (χ3v) is 4.14. The molecule has 5 heteroatoms. The Kier molecular flexibility index (Phi) is 7.86. The zero-order valence-electron chi connectivity index (χ0n) is 16.2. The molecule has 0 spiro atoms. The van der Waals surface area contributed by atoms with Crippen LogP contribution in [-0.4, -0.2) is 25.1 Å². The Morgan fingerprint density at radius 1 is 0.963 bits per heavy atom. The number of carbonyl (C=O) groups is 2. The lowest BCUT2D eigenvalue weighted by Gasteiger charge is -2.12. The third-order valence-electron chi connectivity index (χ3n) is 4.14. The summed E-state index contributed by atoms with van der Waals surface area (Å²) in [5, 5.41) is 2.76. The van der Waals surface area contributed by atoms with Crippen LogP contribution in [-0.2, 0) is 9.53 Å². The number of anilines is 1. The van der Waals surface area contributed by atoms with E-state index in [1.807, 2.05) is 32.0 Å². The van der Waals surface area contributed by atoms with Gasteiger partial charge in [-0.05, 0) is 55.7 Å². The Hall–Kier alpha value is -2.82. The number of aryl methyl sites for hydroxylation is 2. The van der Waals surface area contributed by atoms with Crippen molar-refractivity contribution in [3.8, 4) is 5.75 Å². The molecule has 2 aromatic rings. The van der Waals surface area contributed by atoms with Crippen LogP contribution < -0.4 is 10.1 Å². The minimum atomic E-state index is -0.345. The van der Waals surface area contributed by atoms with Crippen LogP contribution in [0.15, 0.2) is 42.5 Å². The first-order chi connectivity index (χ1) is 13.0. The molecule has 0 unspecified atom stereocenters. The van der Waals surface area contributed by atoms with Crippen LogP contribution in [0.25, 0.3) is 0 Å². The van der Waals surface area contributed by atoms with Crippen molar-refractivity contribution >= 4 is 17.6 Å². The zero-order chi connectivity index (χ0) is 19.6. The quantitative estimate of drug-likeness (QED) is 0.515. The van der Waals surface area contributed by atoms with E-state index < -0.39 is 0 Å². The van der Waals surface area contributed by atoms with Gasteiger partial charge in [0.05, 0.1) is 12.2 Å². The molecule has 0 aliphatic heterocycles. The molecule has 5 nitrogen and oxygen atoms in total. The van der Waals surface area contributed by atoms with E-state index in [2.05, 4.69) is 12.2 Å². The fourth-order valence-corrected chi connectivity index (χ4v) is 2.65. The molecule has 2 aromatic carbocycles. The maximum Gasteiger partial charge on any atom is 0.338 e. The molecule has 0 fully saturated rings. The van der Waals surface area contributed by atoms with E-state index >= 15 is 0 Å². The van der Waals surface area contributed by atoms with E-state index in [1.165, 1.54) is 0 Å². The Bertz CT molecular complexity index is 748. The molecule has 0 aromatic heterocycles. The number of nitrogens with one attached hydrogen (secondary N) is 1. The number of benzene rings is 2. The molecule has 0 atom stereocenters. The van der Waals surface area contributed by atoms with Crippen molar-refractivity contribution in [2.24, 2.45) is 0 Å². The molecule has 0 radical (unpaired) electrons. The van der Waals surface area contributed by atoms with Gasteiger partial charge in [-0.2, -0.15) is 0 Å². The molecule has 0 saturated carbocycles.